The van der Waals surface area contributed by atoms with Crippen LogP contribution >= 0.6 is 28.3 Å². The Kier molecular flexibility index (Phi) is 6.88. The monoisotopic (exact) mass is 429 g/mol. The summed E-state index contributed by atoms with van der Waals surface area (Å²) in [7, 11) is 1.94. The molecule has 0 aromatic heterocycles. The minimum absolute atomic E-state index is 0. The van der Waals surface area contributed by atoms with Gasteiger partial charge in [-0.1, -0.05) is 15.9 Å². The molecule has 2 aliphatic heterocycles. The number of hydrogen-bond donors (Lipinski definition) is 1. The summed E-state index contributed by atoms with van der Waals surface area (Å²) in [5, 5.41) is 3.26. The van der Waals surface area contributed by atoms with E-state index >= 15 is 0 Å². The first kappa shape index (κ1) is 20.2. The van der Waals surface area contributed by atoms with E-state index in [0.29, 0.717) is 19.0 Å². The number of likely N-dealkylation sites (N-methyl/N-ethyl adjacent to an activating group) is 1. The zero-order valence-corrected chi connectivity index (χ0v) is 17.0. The van der Waals surface area contributed by atoms with Crippen molar-refractivity contribution >= 4 is 45.8 Å². The second-order valence-corrected chi connectivity index (χ2v) is 7.61. The molecule has 2 aliphatic rings. The maximum absolute atomic E-state index is 12.8. The van der Waals surface area contributed by atoms with Crippen LogP contribution in [-0.4, -0.2) is 49.4 Å². The Hall–Kier alpha value is -1.11. The minimum atomic E-state index is -0.225. The number of carbonyl (C=O) groups is 2. The average Bonchev–Trinajstić information content (AvgIpc) is 2.98. The van der Waals surface area contributed by atoms with Gasteiger partial charge < -0.3 is 15.1 Å². The number of nitrogens with zero attached hydrogens (tertiary/aromatic N) is 2. The van der Waals surface area contributed by atoms with Gasteiger partial charge >= 0.3 is 0 Å². The number of amides is 2. The molecule has 5 nitrogen and oxygen atoms in total. The van der Waals surface area contributed by atoms with Crippen LogP contribution in [0.1, 0.15) is 24.8 Å². The van der Waals surface area contributed by atoms with Crippen LogP contribution in [0.2, 0.25) is 0 Å². The van der Waals surface area contributed by atoms with Crippen molar-refractivity contribution in [3.05, 3.63) is 28.2 Å². The van der Waals surface area contributed by atoms with Gasteiger partial charge in [0.15, 0.2) is 0 Å². The van der Waals surface area contributed by atoms with Crippen LogP contribution in [0.4, 0.5) is 5.69 Å². The number of hydrogen-bond acceptors (Lipinski definition) is 3. The number of benzene rings is 1. The number of rotatable bonds is 3. The van der Waals surface area contributed by atoms with Crippen molar-refractivity contribution in [2.75, 3.05) is 31.6 Å². The topological polar surface area (TPSA) is 52.7 Å². The average molecular weight is 431 g/mol. The van der Waals surface area contributed by atoms with Crippen molar-refractivity contribution < 1.29 is 9.59 Å². The van der Waals surface area contributed by atoms with Gasteiger partial charge in [0.05, 0.1) is 5.92 Å². The molecular formula is C18H25BrClN3O2. The van der Waals surface area contributed by atoms with Crippen LogP contribution in [0.3, 0.4) is 0 Å². The molecule has 2 amide bonds. The molecule has 25 heavy (non-hydrogen) atoms. The third-order valence-corrected chi connectivity index (χ3v) is 5.96. The van der Waals surface area contributed by atoms with E-state index in [1.54, 1.807) is 4.90 Å². The SMILES string of the molecule is CNC1CCCN(C(=O)C2CC(=O)N(c3ccc(Br)c(C)c3)C2)C1.Cl. The standard InChI is InChI=1S/C18H24BrN3O2.ClH/c1-12-8-15(5-6-16(12)19)22-10-13(9-17(22)23)18(24)21-7-3-4-14(11-21)20-2;/h5-6,8,13-14,20H,3-4,7,9-11H2,1-2H3;1H. The van der Waals surface area contributed by atoms with Gasteiger partial charge in [-0.15, -0.1) is 12.4 Å². The molecule has 2 atom stereocenters. The number of nitrogens with one attached hydrogen (secondary N) is 1. The molecule has 138 valence electrons. The van der Waals surface area contributed by atoms with Gasteiger partial charge in [0.2, 0.25) is 11.8 Å². The lowest BCUT2D eigenvalue weighted by Crippen LogP contribution is -2.49. The van der Waals surface area contributed by atoms with Gasteiger partial charge in [-0.05, 0) is 50.6 Å². The highest BCUT2D eigenvalue weighted by atomic mass is 79.9. The molecular weight excluding hydrogens is 406 g/mol. The summed E-state index contributed by atoms with van der Waals surface area (Å²) in [5.41, 5.74) is 1.96. The quantitative estimate of drug-likeness (QED) is 0.802. The first-order valence-electron chi connectivity index (χ1n) is 8.52. The molecule has 3 rings (SSSR count). The minimum Gasteiger partial charge on any atom is -0.341 e. The number of carbonyl (C=O) groups excluding carboxylic acids is 2. The predicted octanol–water partition coefficient (Wildman–Crippen LogP) is 2.74. The first-order valence-corrected chi connectivity index (χ1v) is 9.31. The van der Waals surface area contributed by atoms with Gasteiger partial charge in [-0.2, -0.15) is 0 Å². The molecule has 0 saturated carbocycles. The maximum Gasteiger partial charge on any atom is 0.228 e. The summed E-state index contributed by atoms with van der Waals surface area (Å²) >= 11 is 3.48. The number of piperidine rings is 1. The van der Waals surface area contributed by atoms with E-state index in [4.69, 9.17) is 0 Å². The second-order valence-electron chi connectivity index (χ2n) is 6.75. The predicted molar refractivity (Wildman–Crippen MR) is 105 cm³/mol. The Morgan fingerprint density at radius 3 is 2.76 bits per heavy atom. The molecule has 2 fully saturated rings. The van der Waals surface area contributed by atoms with E-state index in [2.05, 4.69) is 21.2 Å². The molecule has 0 spiro atoms. The van der Waals surface area contributed by atoms with Crippen molar-refractivity contribution in [1.29, 1.82) is 0 Å². The molecule has 1 aromatic rings. The highest BCUT2D eigenvalue weighted by molar-refractivity contribution is 9.10. The Bertz CT molecular complexity index is 655. The van der Waals surface area contributed by atoms with Gasteiger partial charge in [0.25, 0.3) is 0 Å². The Morgan fingerprint density at radius 2 is 2.08 bits per heavy atom. The van der Waals surface area contributed by atoms with Crippen LogP contribution in [0.15, 0.2) is 22.7 Å². The molecule has 0 aliphatic carbocycles. The van der Waals surface area contributed by atoms with E-state index < -0.39 is 0 Å². The lowest BCUT2D eigenvalue weighted by Gasteiger charge is -2.34. The maximum atomic E-state index is 12.8. The summed E-state index contributed by atoms with van der Waals surface area (Å²) < 4.78 is 1.02. The number of likely N-dealkylation sites (tertiary alicyclic amines) is 1. The van der Waals surface area contributed by atoms with Crippen LogP contribution in [-0.2, 0) is 9.59 Å². The van der Waals surface area contributed by atoms with Crippen LogP contribution in [0, 0.1) is 12.8 Å². The van der Waals surface area contributed by atoms with Crippen LogP contribution in [0.25, 0.3) is 0 Å². The molecule has 0 radical (unpaired) electrons. The largest absolute Gasteiger partial charge is 0.341 e. The Morgan fingerprint density at radius 1 is 1.32 bits per heavy atom. The summed E-state index contributed by atoms with van der Waals surface area (Å²) in [5.74, 6) is -0.0612. The zero-order chi connectivity index (χ0) is 17.3. The van der Waals surface area contributed by atoms with E-state index in [9.17, 15) is 9.59 Å². The molecule has 0 bridgehead atoms. The lowest BCUT2D eigenvalue weighted by atomic mass is 10.0. The van der Waals surface area contributed by atoms with Gasteiger partial charge in [-0.25, -0.2) is 0 Å². The second kappa shape index (κ2) is 8.52. The molecule has 2 unspecified atom stereocenters. The fourth-order valence-electron chi connectivity index (χ4n) is 3.59. The summed E-state index contributed by atoms with van der Waals surface area (Å²) in [6.07, 6.45) is 2.44. The molecule has 1 aromatic carbocycles. The van der Waals surface area contributed by atoms with E-state index in [0.717, 1.165) is 41.7 Å². The van der Waals surface area contributed by atoms with Gasteiger partial charge in [0, 0.05) is 42.3 Å². The highest BCUT2D eigenvalue weighted by Crippen LogP contribution is 2.29. The van der Waals surface area contributed by atoms with E-state index in [1.807, 2.05) is 37.1 Å². The van der Waals surface area contributed by atoms with E-state index in [1.165, 1.54) is 0 Å². The first-order chi connectivity index (χ1) is 11.5. The third-order valence-electron chi connectivity index (χ3n) is 5.07. The number of anilines is 1. The fourth-order valence-corrected chi connectivity index (χ4v) is 3.84. The van der Waals surface area contributed by atoms with Gasteiger partial charge in [-0.3, -0.25) is 9.59 Å². The van der Waals surface area contributed by atoms with E-state index in [-0.39, 0.29) is 30.1 Å². The summed E-state index contributed by atoms with van der Waals surface area (Å²) in [6, 6.07) is 6.24. The van der Waals surface area contributed by atoms with Crippen LogP contribution in [0.5, 0.6) is 0 Å². The van der Waals surface area contributed by atoms with Crippen molar-refractivity contribution in [3.8, 4) is 0 Å². The summed E-state index contributed by atoms with van der Waals surface area (Å²) in [6.45, 7) is 4.04. The third kappa shape index (κ3) is 4.36. The van der Waals surface area contributed by atoms with Crippen molar-refractivity contribution in [2.24, 2.45) is 5.92 Å². The van der Waals surface area contributed by atoms with Crippen LogP contribution < -0.4 is 10.2 Å². The Labute approximate surface area is 163 Å². The smallest absolute Gasteiger partial charge is 0.228 e. The lowest BCUT2D eigenvalue weighted by molar-refractivity contribution is -0.137. The number of aryl methyl sites for hydroxylation is 1. The zero-order valence-electron chi connectivity index (χ0n) is 14.6. The van der Waals surface area contributed by atoms with Crippen molar-refractivity contribution in [2.45, 2.75) is 32.2 Å². The molecule has 2 heterocycles. The normalized spacial score (nSPS) is 23.6. The molecule has 1 N–H and O–H groups in total. The highest BCUT2D eigenvalue weighted by Gasteiger charge is 2.38. The molecule has 2 saturated heterocycles. The Balaban J connectivity index is 0.00000225. The van der Waals surface area contributed by atoms with Gasteiger partial charge in [0.1, 0.15) is 0 Å². The number of halogens is 2. The van der Waals surface area contributed by atoms with Crippen molar-refractivity contribution in [1.82, 2.24) is 10.2 Å². The van der Waals surface area contributed by atoms with Crippen molar-refractivity contribution in [3.63, 3.8) is 0 Å². The molecule has 7 heteroatoms. The summed E-state index contributed by atoms with van der Waals surface area (Å²) in [4.78, 5) is 28.9. The fraction of sp³-hybridized carbons (Fsp3) is 0.556.